The van der Waals surface area contributed by atoms with Gasteiger partial charge in [-0.05, 0) is 37.3 Å². The number of rotatable bonds is 8. The van der Waals surface area contributed by atoms with E-state index in [4.69, 9.17) is 21.1 Å². The van der Waals surface area contributed by atoms with Gasteiger partial charge >= 0.3 is 5.97 Å². The highest BCUT2D eigenvalue weighted by molar-refractivity contribution is 7.92. The fourth-order valence-electron chi connectivity index (χ4n) is 2.46. The molecule has 0 radical (unpaired) electrons. The van der Waals surface area contributed by atoms with Gasteiger partial charge in [-0.2, -0.15) is 0 Å². The van der Waals surface area contributed by atoms with Gasteiger partial charge in [-0.15, -0.1) is 0 Å². The molecule has 156 valence electrons. The van der Waals surface area contributed by atoms with Crippen molar-refractivity contribution in [2.75, 3.05) is 36.1 Å². The second kappa shape index (κ2) is 9.62. The number of nitrogens with zero attached hydrogens (tertiary/aromatic N) is 1. The lowest BCUT2D eigenvalue weighted by molar-refractivity contribution is -0.114. The van der Waals surface area contributed by atoms with Crippen LogP contribution in [0.3, 0.4) is 0 Å². The molecule has 2 rings (SSSR count). The number of hydrogen-bond donors (Lipinski definition) is 1. The summed E-state index contributed by atoms with van der Waals surface area (Å²) in [6, 6.07) is 10.7. The van der Waals surface area contributed by atoms with E-state index in [0.717, 1.165) is 10.6 Å². The van der Waals surface area contributed by atoms with E-state index < -0.39 is 28.4 Å². The van der Waals surface area contributed by atoms with Crippen LogP contribution in [0.15, 0.2) is 42.5 Å². The van der Waals surface area contributed by atoms with Gasteiger partial charge in [0.1, 0.15) is 12.3 Å². The van der Waals surface area contributed by atoms with Gasteiger partial charge in [-0.25, -0.2) is 13.2 Å². The lowest BCUT2D eigenvalue weighted by atomic mass is 10.2. The van der Waals surface area contributed by atoms with Crippen LogP contribution in [0, 0.1) is 0 Å². The number of nitrogens with one attached hydrogen (secondary N) is 1. The first-order chi connectivity index (χ1) is 13.7. The zero-order chi connectivity index (χ0) is 21.6. The number of hydrogen-bond acceptors (Lipinski definition) is 6. The smallest absolute Gasteiger partial charge is 0.339 e. The molecule has 0 aliphatic carbocycles. The van der Waals surface area contributed by atoms with Crippen molar-refractivity contribution < 1.29 is 27.5 Å². The molecule has 0 atom stereocenters. The number of methoxy groups -OCH3 is 1. The summed E-state index contributed by atoms with van der Waals surface area (Å²) in [6.07, 6.45) is 1.00. The van der Waals surface area contributed by atoms with E-state index in [2.05, 4.69) is 5.32 Å². The van der Waals surface area contributed by atoms with Gasteiger partial charge in [0.15, 0.2) is 0 Å². The molecule has 8 nitrogen and oxygen atoms in total. The van der Waals surface area contributed by atoms with E-state index in [0.29, 0.717) is 5.75 Å². The van der Waals surface area contributed by atoms with Crippen molar-refractivity contribution in [1.82, 2.24) is 0 Å². The first-order valence-electron chi connectivity index (χ1n) is 8.54. The highest BCUT2D eigenvalue weighted by Gasteiger charge is 2.22. The summed E-state index contributed by atoms with van der Waals surface area (Å²) in [5.41, 5.74) is 0.658. The topological polar surface area (TPSA) is 102 Å². The van der Waals surface area contributed by atoms with Crippen molar-refractivity contribution in [3.8, 4) is 5.75 Å². The van der Waals surface area contributed by atoms with Gasteiger partial charge in [0, 0.05) is 11.8 Å². The predicted octanol–water partition coefficient (Wildman–Crippen LogP) is 2.93. The Bertz CT molecular complexity index is 1010. The summed E-state index contributed by atoms with van der Waals surface area (Å²) in [5, 5.41) is 2.74. The third-order valence-corrected chi connectivity index (χ3v) is 5.24. The molecule has 0 aliphatic heterocycles. The quantitative estimate of drug-likeness (QED) is 0.633. The van der Waals surface area contributed by atoms with Crippen LogP contribution in [0.2, 0.25) is 5.02 Å². The molecule has 1 amide bonds. The number of ether oxygens (including phenoxy) is 2. The number of amides is 1. The third kappa shape index (κ3) is 6.10. The first-order valence-corrected chi connectivity index (χ1v) is 10.8. The average molecular weight is 441 g/mol. The highest BCUT2D eigenvalue weighted by Crippen LogP contribution is 2.24. The lowest BCUT2D eigenvalue weighted by Crippen LogP contribution is -2.37. The molecule has 29 heavy (non-hydrogen) atoms. The molecular formula is C19H21ClN2O6S. The summed E-state index contributed by atoms with van der Waals surface area (Å²) in [6.45, 7) is 1.37. The van der Waals surface area contributed by atoms with E-state index >= 15 is 0 Å². The van der Waals surface area contributed by atoms with Crippen molar-refractivity contribution in [1.29, 1.82) is 0 Å². The minimum Gasteiger partial charge on any atom is -0.497 e. The van der Waals surface area contributed by atoms with Gasteiger partial charge < -0.3 is 14.8 Å². The van der Waals surface area contributed by atoms with Crippen LogP contribution in [-0.2, 0) is 19.6 Å². The zero-order valence-electron chi connectivity index (χ0n) is 16.1. The van der Waals surface area contributed by atoms with Crippen LogP contribution in [0.5, 0.6) is 5.75 Å². The van der Waals surface area contributed by atoms with Gasteiger partial charge in [-0.1, -0.05) is 17.7 Å². The standard InChI is InChI=1S/C19H21ClN2O6S/c1-4-28-19(24)16-10-13(8-9-17(16)20)21-18(23)12-22(29(3,25)26)14-6-5-7-15(11-14)27-2/h5-11H,4,12H2,1-3H3,(H,21,23). The van der Waals surface area contributed by atoms with Gasteiger partial charge in [0.05, 0.1) is 36.2 Å². The second-order valence-corrected chi connectivity index (χ2v) is 8.25. The van der Waals surface area contributed by atoms with Crippen molar-refractivity contribution in [2.24, 2.45) is 0 Å². The van der Waals surface area contributed by atoms with Crippen molar-refractivity contribution in [2.45, 2.75) is 6.92 Å². The van der Waals surface area contributed by atoms with Crippen LogP contribution in [0.4, 0.5) is 11.4 Å². The average Bonchev–Trinajstić information content (AvgIpc) is 2.67. The Morgan fingerprint density at radius 3 is 2.52 bits per heavy atom. The first kappa shape index (κ1) is 22.5. The molecule has 10 heteroatoms. The maximum absolute atomic E-state index is 12.5. The molecule has 0 unspecified atom stereocenters. The number of sulfonamides is 1. The van der Waals surface area contributed by atoms with E-state index in [1.807, 2.05) is 0 Å². The van der Waals surface area contributed by atoms with Crippen molar-refractivity contribution >= 4 is 44.9 Å². The maximum Gasteiger partial charge on any atom is 0.339 e. The SMILES string of the molecule is CCOC(=O)c1cc(NC(=O)CN(c2cccc(OC)c2)S(C)(=O)=O)ccc1Cl. The fraction of sp³-hybridized carbons (Fsp3) is 0.263. The minimum atomic E-state index is -3.74. The Kier molecular flexibility index (Phi) is 7.46. The summed E-state index contributed by atoms with van der Waals surface area (Å²) in [5.74, 6) is -0.772. The Balaban J connectivity index is 2.23. The van der Waals surface area contributed by atoms with Crippen molar-refractivity contribution in [3.63, 3.8) is 0 Å². The van der Waals surface area contributed by atoms with E-state index in [9.17, 15) is 18.0 Å². The summed E-state index contributed by atoms with van der Waals surface area (Å²) in [4.78, 5) is 24.4. The summed E-state index contributed by atoms with van der Waals surface area (Å²) in [7, 11) is -2.29. The molecule has 0 spiro atoms. The second-order valence-electron chi connectivity index (χ2n) is 5.93. The molecule has 0 heterocycles. The van der Waals surface area contributed by atoms with Crippen LogP contribution < -0.4 is 14.4 Å². The molecule has 0 aliphatic rings. The van der Waals surface area contributed by atoms with Crippen LogP contribution in [0.1, 0.15) is 17.3 Å². The number of esters is 1. The number of carbonyl (C=O) groups excluding carboxylic acids is 2. The molecule has 0 saturated heterocycles. The summed E-state index contributed by atoms with van der Waals surface area (Å²) < 4.78 is 35.4. The normalized spacial score (nSPS) is 10.9. The zero-order valence-corrected chi connectivity index (χ0v) is 17.7. The van der Waals surface area contributed by atoms with Crippen LogP contribution in [0.25, 0.3) is 0 Å². The number of benzene rings is 2. The Hall–Kier alpha value is -2.78. The lowest BCUT2D eigenvalue weighted by Gasteiger charge is -2.22. The Labute approximate surface area is 174 Å². The van der Waals surface area contributed by atoms with Crippen LogP contribution >= 0.6 is 11.6 Å². The predicted molar refractivity (Wildman–Crippen MR) is 111 cm³/mol. The van der Waals surface area contributed by atoms with Gasteiger partial charge in [0.25, 0.3) is 0 Å². The number of carbonyl (C=O) groups is 2. The third-order valence-electron chi connectivity index (χ3n) is 3.77. The Morgan fingerprint density at radius 2 is 1.90 bits per heavy atom. The Morgan fingerprint density at radius 1 is 1.17 bits per heavy atom. The van der Waals surface area contributed by atoms with E-state index in [1.165, 1.54) is 31.4 Å². The maximum atomic E-state index is 12.5. The molecule has 0 aromatic heterocycles. The largest absolute Gasteiger partial charge is 0.497 e. The summed E-state index contributed by atoms with van der Waals surface area (Å²) >= 11 is 6.00. The number of halogens is 1. The molecule has 0 bridgehead atoms. The number of anilines is 2. The monoisotopic (exact) mass is 440 g/mol. The molecule has 2 aromatic rings. The van der Waals surface area contributed by atoms with Gasteiger partial charge in [0.2, 0.25) is 15.9 Å². The molecule has 2 aromatic carbocycles. The highest BCUT2D eigenvalue weighted by atomic mass is 35.5. The van der Waals surface area contributed by atoms with Crippen LogP contribution in [-0.4, -0.2) is 46.8 Å². The van der Waals surface area contributed by atoms with E-state index in [-0.39, 0.29) is 28.6 Å². The van der Waals surface area contributed by atoms with E-state index in [1.54, 1.807) is 25.1 Å². The molecule has 0 fully saturated rings. The molecular weight excluding hydrogens is 420 g/mol. The molecule has 1 N–H and O–H groups in total. The molecule has 0 saturated carbocycles. The fourth-order valence-corrected chi connectivity index (χ4v) is 3.51. The van der Waals surface area contributed by atoms with Crippen molar-refractivity contribution in [3.05, 3.63) is 53.1 Å². The minimum absolute atomic E-state index is 0.0964. The van der Waals surface area contributed by atoms with Gasteiger partial charge in [-0.3, -0.25) is 9.10 Å².